The van der Waals surface area contributed by atoms with E-state index >= 15 is 0 Å². The highest BCUT2D eigenvalue weighted by atomic mass is 35.5. The number of benzene rings is 2. The largest absolute Gasteiger partial charge is 0.478 e. The Bertz CT molecular complexity index is 1030. The first-order chi connectivity index (χ1) is 13.5. The molecule has 0 bridgehead atoms. The maximum atomic E-state index is 11.9. The summed E-state index contributed by atoms with van der Waals surface area (Å²) < 4.78 is 5.57. The van der Waals surface area contributed by atoms with Gasteiger partial charge in [-0.2, -0.15) is 5.10 Å². The van der Waals surface area contributed by atoms with Gasteiger partial charge in [-0.15, -0.1) is 0 Å². The Morgan fingerprint density at radius 2 is 1.86 bits per heavy atom. The van der Waals surface area contributed by atoms with Crippen LogP contribution in [-0.4, -0.2) is 28.3 Å². The fraction of sp³-hybridized carbons (Fsp3) is 0.0500. The highest BCUT2D eigenvalue weighted by molar-refractivity contribution is 6.33. The summed E-state index contributed by atoms with van der Waals surface area (Å²) in [5.74, 6) is -1.08. The minimum absolute atomic E-state index is 0.0343. The number of carbonyl (C=O) groups excluding carboxylic acids is 1. The van der Waals surface area contributed by atoms with Gasteiger partial charge in [-0.05, 0) is 35.9 Å². The van der Waals surface area contributed by atoms with Gasteiger partial charge in [0.1, 0.15) is 11.5 Å². The van der Waals surface area contributed by atoms with Crippen LogP contribution < -0.4 is 5.43 Å². The Kier molecular flexibility index (Phi) is 5.88. The van der Waals surface area contributed by atoms with Crippen LogP contribution in [0.3, 0.4) is 0 Å². The zero-order valence-corrected chi connectivity index (χ0v) is 15.1. The molecule has 2 aromatic carbocycles. The second-order valence-corrected chi connectivity index (χ2v) is 6.16. The van der Waals surface area contributed by atoms with Crippen molar-refractivity contribution < 1.29 is 24.2 Å². The van der Waals surface area contributed by atoms with E-state index < -0.39 is 18.0 Å². The van der Waals surface area contributed by atoms with Gasteiger partial charge in [0.2, 0.25) is 0 Å². The van der Waals surface area contributed by atoms with Gasteiger partial charge in [-0.25, -0.2) is 10.2 Å². The molecule has 8 heteroatoms. The summed E-state index contributed by atoms with van der Waals surface area (Å²) >= 11 is 5.86. The summed E-state index contributed by atoms with van der Waals surface area (Å²) in [4.78, 5) is 23.1. The molecule has 0 fully saturated rings. The first kappa shape index (κ1) is 19.3. The van der Waals surface area contributed by atoms with E-state index in [1.165, 1.54) is 18.3 Å². The summed E-state index contributed by atoms with van der Waals surface area (Å²) in [5.41, 5.74) is 3.18. The predicted octanol–water partition coefficient (Wildman–Crippen LogP) is 3.48. The number of carbonyl (C=O) groups is 2. The topological polar surface area (TPSA) is 112 Å². The lowest BCUT2D eigenvalue weighted by molar-refractivity contribution is -0.129. The number of hydrazone groups is 1. The number of carboxylic acids is 1. The number of hydrogen-bond donors (Lipinski definition) is 3. The third kappa shape index (κ3) is 4.46. The number of rotatable bonds is 6. The van der Waals surface area contributed by atoms with E-state index in [0.29, 0.717) is 22.6 Å². The van der Waals surface area contributed by atoms with Crippen LogP contribution in [0.4, 0.5) is 0 Å². The van der Waals surface area contributed by atoms with E-state index in [0.717, 1.165) is 0 Å². The van der Waals surface area contributed by atoms with E-state index in [-0.39, 0.29) is 10.6 Å². The third-order valence-corrected chi connectivity index (χ3v) is 4.17. The molecule has 0 spiro atoms. The average Bonchev–Trinajstić information content (AvgIpc) is 3.17. The van der Waals surface area contributed by atoms with Crippen molar-refractivity contribution >= 4 is 29.7 Å². The predicted molar refractivity (Wildman–Crippen MR) is 103 cm³/mol. The zero-order valence-electron chi connectivity index (χ0n) is 14.4. The quantitative estimate of drug-likeness (QED) is 0.434. The first-order valence-electron chi connectivity index (χ1n) is 8.14. The number of aliphatic hydroxyl groups is 1. The van der Waals surface area contributed by atoms with Crippen molar-refractivity contribution in [2.45, 2.75) is 6.10 Å². The molecule has 3 rings (SSSR count). The van der Waals surface area contributed by atoms with Crippen molar-refractivity contribution in [2.24, 2.45) is 5.10 Å². The normalized spacial score (nSPS) is 12.1. The summed E-state index contributed by atoms with van der Waals surface area (Å²) in [5, 5.41) is 23.0. The van der Waals surface area contributed by atoms with Crippen molar-refractivity contribution in [1.29, 1.82) is 0 Å². The number of halogens is 1. The van der Waals surface area contributed by atoms with Crippen LogP contribution in [0.25, 0.3) is 11.3 Å². The van der Waals surface area contributed by atoms with Gasteiger partial charge >= 0.3 is 5.97 Å². The Balaban J connectivity index is 1.67. The molecule has 0 saturated carbocycles. The molecular formula is C20H15ClN2O5. The second kappa shape index (κ2) is 8.51. The molecule has 7 nitrogen and oxygen atoms in total. The molecule has 3 N–H and O–H groups in total. The molecular weight excluding hydrogens is 384 g/mol. The summed E-state index contributed by atoms with van der Waals surface area (Å²) in [6, 6.07) is 16.2. The molecule has 1 aromatic heterocycles. The Hall–Kier alpha value is -3.42. The Morgan fingerprint density at radius 3 is 2.57 bits per heavy atom. The minimum atomic E-state index is -1.34. The number of hydrogen-bond acceptors (Lipinski definition) is 5. The molecule has 0 radical (unpaired) electrons. The molecule has 0 unspecified atom stereocenters. The van der Waals surface area contributed by atoms with Gasteiger partial charge in [0.25, 0.3) is 5.91 Å². The molecule has 1 amide bonds. The number of carboxylic acid groups (broad SMARTS) is 1. The number of amides is 1. The van der Waals surface area contributed by atoms with Crippen molar-refractivity contribution in [2.75, 3.05) is 0 Å². The smallest absolute Gasteiger partial charge is 0.337 e. The Labute approximate surface area is 164 Å². The van der Waals surface area contributed by atoms with Crippen LogP contribution in [0.15, 0.2) is 70.2 Å². The number of nitrogens with one attached hydrogen (secondary N) is 1. The average molecular weight is 399 g/mol. The van der Waals surface area contributed by atoms with Crippen LogP contribution in [0.1, 0.15) is 27.8 Å². The number of nitrogens with zero attached hydrogens (tertiary/aromatic N) is 1. The van der Waals surface area contributed by atoms with E-state index in [2.05, 4.69) is 10.5 Å². The summed E-state index contributed by atoms with van der Waals surface area (Å²) in [6.07, 6.45) is -0.0679. The highest BCUT2D eigenvalue weighted by Crippen LogP contribution is 2.26. The highest BCUT2D eigenvalue weighted by Gasteiger charge is 2.16. The fourth-order valence-electron chi connectivity index (χ4n) is 2.43. The molecule has 0 aliphatic heterocycles. The zero-order chi connectivity index (χ0) is 20.1. The Morgan fingerprint density at radius 1 is 1.11 bits per heavy atom. The second-order valence-electron chi connectivity index (χ2n) is 5.75. The maximum absolute atomic E-state index is 11.9. The standard InChI is InChI=1S/C20H15ClN2O5/c21-16-8-6-13(10-15(16)20(26)27)17-9-7-14(28-17)11-22-23-19(25)18(24)12-4-2-1-3-5-12/h1-11,18,24H,(H,23,25)(H,26,27)/b22-11-/t18-/m1/s1. The molecule has 3 aromatic rings. The third-order valence-electron chi connectivity index (χ3n) is 3.84. The molecule has 0 aliphatic carbocycles. The van der Waals surface area contributed by atoms with Crippen LogP contribution in [0, 0.1) is 0 Å². The maximum Gasteiger partial charge on any atom is 0.337 e. The van der Waals surface area contributed by atoms with E-state index in [4.69, 9.17) is 21.1 Å². The number of aromatic carboxylic acids is 1. The lowest BCUT2D eigenvalue weighted by Crippen LogP contribution is -2.25. The summed E-state index contributed by atoms with van der Waals surface area (Å²) in [7, 11) is 0. The minimum Gasteiger partial charge on any atom is -0.478 e. The number of furan rings is 1. The monoisotopic (exact) mass is 398 g/mol. The van der Waals surface area contributed by atoms with E-state index in [1.807, 2.05) is 0 Å². The molecule has 28 heavy (non-hydrogen) atoms. The van der Waals surface area contributed by atoms with Crippen LogP contribution in [0.5, 0.6) is 0 Å². The van der Waals surface area contributed by atoms with E-state index in [9.17, 15) is 14.7 Å². The van der Waals surface area contributed by atoms with Gasteiger partial charge < -0.3 is 14.6 Å². The van der Waals surface area contributed by atoms with Crippen molar-refractivity contribution in [3.05, 3.63) is 82.6 Å². The summed E-state index contributed by atoms with van der Waals surface area (Å²) in [6.45, 7) is 0. The first-order valence-corrected chi connectivity index (χ1v) is 8.52. The molecule has 142 valence electrons. The lowest BCUT2D eigenvalue weighted by Gasteiger charge is -2.08. The van der Waals surface area contributed by atoms with Crippen LogP contribution in [-0.2, 0) is 4.79 Å². The van der Waals surface area contributed by atoms with Gasteiger partial charge in [-0.3, -0.25) is 4.79 Å². The van der Waals surface area contributed by atoms with Crippen molar-refractivity contribution in [3.63, 3.8) is 0 Å². The van der Waals surface area contributed by atoms with Crippen molar-refractivity contribution in [1.82, 2.24) is 5.43 Å². The van der Waals surface area contributed by atoms with E-state index in [1.54, 1.807) is 48.5 Å². The molecule has 0 aliphatic rings. The number of aliphatic hydroxyl groups excluding tert-OH is 1. The van der Waals surface area contributed by atoms with Gasteiger partial charge in [0.05, 0.1) is 16.8 Å². The van der Waals surface area contributed by atoms with Crippen molar-refractivity contribution in [3.8, 4) is 11.3 Å². The molecule has 0 saturated heterocycles. The van der Waals surface area contributed by atoms with Crippen LogP contribution >= 0.6 is 11.6 Å². The van der Waals surface area contributed by atoms with Crippen LogP contribution in [0.2, 0.25) is 5.02 Å². The van der Waals surface area contributed by atoms with Gasteiger partial charge in [0, 0.05) is 5.56 Å². The molecule has 1 atom stereocenters. The SMILES string of the molecule is O=C(O)c1cc(-c2ccc(/C=N\NC(=O)[C@H](O)c3ccccc3)o2)ccc1Cl. The lowest BCUT2D eigenvalue weighted by atomic mass is 10.1. The van der Waals surface area contributed by atoms with Gasteiger partial charge in [0.15, 0.2) is 6.10 Å². The van der Waals surface area contributed by atoms with Gasteiger partial charge in [-0.1, -0.05) is 41.9 Å². The fourth-order valence-corrected chi connectivity index (χ4v) is 2.63. The molecule has 1 heterocycles.